The van der Waals surface area contributed by atoms with Crippen molar-refractivity contribution in [2.75, 3.05) is 46.8 Å². The SMILES string of the molecule is CN(C)S(=O)(=O)N1CCN(C(=O)C2CCC(CN)O2)CC1. The van der Waals surface area contributed by atoms with Crippen LogP contribution in [-0.2, 0) is 19.7 Å². The second-order valence-corrected chi connectivity index (χ2v) is 7.72. The van der Waals surface area contributed by atoms with E-state index in [2.05, 4.69) is 0 Å². The van der Waals surface area contributed by atoms with Gasteiger partial charge in [-0.2, -0.15) is 17.0 Å². The molecule has 0 spiro atoms. The molecule has 2 rings (SSSR count). The van der Waals surface area contributed by atoms with E-state index >= 15 is 0 Å². The van der Waals surface area contributed by atoms with Crippen molar-refractivity contribution in [1.82, 2.24) is 13.5 Å². The van der Waals surface area contributed by atoms with Crippen molar-refractivity contribution < 1.29 is 17.9 Å². The lowest BCUT2D eigenvalue weighted by Gasteiger charge is -2.36. The van der Waals surface area contributed by atoms with E-state index in [0.29, 0.717) is 39.1 Å². The van der Waals surface area contributed by atoms with Crippen molar-refractivity contribution in [3.63, 3.8) is 0 Å². The van der Waals surface area contributed by atoms with Gasteiger partial charge in [0.25, 0.3) is 16.1 Å². The molecule has 1 amide bonds. The molecular formula is C12H24N4O4S. The second-order valence-electron chi connectivity index (χ2n) is 5.57. The van der Waals surface area contributed by atoms with Gasteiger partial charge < -0.3 is 15.4 Å². The van der Waals surface area contributed by atoms with Crippen molar-refractivity contribution in [2.24, 2.45) is 5.73 Å². The Kier molecular flexibility index (Phi) is 5.20. The molecule has 2 heterocycles. The molecule has 0 bridgehead atoms. The predicted octanol–water partition coefficient (Wildman–Crippen LogP) is -1.56. The van der Waals surface area contributed by atoms with E-state index in [9.17, 15) is 13.2 Å². The summed E-state index contributed by atoms with van der Waals surface area (Å²) in [6.45, 7) is 1.87. The zero-order chi connectivity index (χ0) is 15.6. The first-order valence-electron chi connectivity index (χ1n) is 7.18. The highest BCUT2D eigenvalue weighted by atomic mass is 32.2. The molecule has 8 nitrogen and oxygen atoms in total. The fourth-order valence-electron chi connectivity index (χ4n) is 2.63. The van der Waals surface area contributed by atoms with Crippen molar-refractivity contribution in [3.05, 3.63) is 0 Å². The molecule has 2 saturated heterocycles. The van der Waals surface area contributed by atoms with Gasteiger partial charge in [-0.3, -0.25) is 4.79 Å². The minimum Gasteiger partial charge on any atom is -0.364 e. The van der Waals surface area contributed by atoms with Gasteiger partial charge >= 0.3 is 0 Å². The summed E-state index contributed by atoms with van der Waals surface area (Å²) in [5.41, 5.74) is 5.54. The van der Waals surface area contributed by atoms with Crippen LogP contribution in [0, 0.1) is 0 Å². The summed E-state index contributed by atoms with van der Waals surface area (Å²) in [4.78, 5) is 14.0. The average Bonchev–Trinajstić information content (AvgIpc) is 2.95. The maximum Gasteiger partial charge on any atom is 0.281 e. The monoisotopic (exact) mass is 320 g/mol. The van der Waals surface area contributed by atoms with Gasteiger partial charge in [-0.05, 0) is 12.8 Å². The zero-order valence-electron chi connectivity index (χ0n) is 12.6. The quantitative estimate of drug-likeness (QED) is 0.676. The first-order valence-corrected chi connectivity index (χ1v) is 8.58. The Labute approximate surface area is 126 Å². The predicted molar refractivity (Wildman–Crippen MR) is 77.7 cm³/mol. The summed E-state index contributed by atoms with van der Waals surface area (Å²) in [5.74, 6) is -0.0483. The van der Waals surface area contributed by atoms with Gasteiger partial charge in [-0.1, -0.05) is 0 Å². The number of amides is 1. The first-order chi connectivity index (χ1) is 9.86. The molecular weight excluding hydrogens is 296 g/mol. The molecule has 0 aliphatic carbocycles. The maximum atomic E-state index is 12.3. The lowest BCUT2D eigenvalue weighted by molar-refractivity contribution is -0.143. The number of carbonyl (C=O) groups excluding carboxylic acids is 1. The standard InChI is InChI=1S/C12H24N4O4S/c1-14(2)21(18,19)16-7-5-15(6-8-16)12(17)11-4-3-10(9-13)20-11/h10-11H,3-9,13H2,1-2H3. The van der Waals surface area contributed by atoms with Crippen LogP contribution in [0.1, 0.15) is 12.8 Å². The third-order valence-electron chi connectivity index (χ3n) is 3.98. The summed E-state index contributed by atoms with van der Waals surface area (Å²) in [6, 6.07) is 0. The third-order valence-corrected chi connectivity index (χ3v) is 5.92. The van der Waals surface area contributed by atoms with Crippen LogP contribution in [0.2, 0.25) is 0 Å². The van der Waals surface area contributed by atoms with E-state index in [-0.39, 0.29) is 12.0 Å². The topological polar surface area (TPSA) is 96.2 Å². The Bertz CT molecular complexity index is 474. The van der Waals surface area contributed by atoms with Gasteiger partial charge in [0.05, 0.1) is 6.10 Å². The molecule has 0 aromatic heterocycles. The number of carbonyl (C=O) groups is 1. The molecule has 2 N–H and O–H groups in total. The zero-order valence-corrected chi connectivity index (χ0v) is 13.4. The molecule has 2 unspecified atom stereocenters. The van der Waals surface area contributed by atoms with Gasteiger partial charge in [0.2, 0.25) is 0 Å². The van der Waals surface area contributed by atoms with E-state index in [1.807, 2.05) is 0 Å². The number of hydrogen-bond acceptors (Lipinski definition) is 5. The molecule has 2 aliphatic rings. The van der Waals surface area contributed by atoms with Gasteiger partial charge in [-0.15, -0.1) is 0 Å². The molecule has 0 aromatic rings. The minimum atomic E-state index is -3.40. The highest BCUT2D eigenvalue weighted by molar-refractivity contribution is 7.86. The fourth-order valence-corrected chi connectivity index (χ4v) is 3.72. The number of ether oxygens (including phenoxy) is 1. The van der Waals surface area contributed by atoms with Crippen LogP contribution < -0.4 is 5.73 Å². The smallest absolute Gasteiger partial charge is 0.281 e. The Morgan fingerprint density at radius 2 is 1.86 bits per heavy atom. The minimum absolute atomic E-state index is 0.0330. The molecule has 2 atom stereocenters. The van der Waals surface area contributed by atoms with Gasteiger partial charge in [-0.25, -0.2) is 0 Å². The van der Waals surface area contributed by atoms with Crippen LogP contribution in [0.5, 0.6) is 0 Å². The molecule has 2 fully saturated rings. The van der Waals surface area contributed by atoms with Crippen LogP contribution >= 0.6 is 0 Å². The van der Waals surface area contributed by atoms with Crippen LogP contribution in [0.25, 0.3) is 0 Å². The Balaban J connectivity index is 1.88. The third kappa shape index (κ3) is 3.54. The van der Waals surface area contributed by atoms with E-state index in [4.69, 9.17) is 10.5 Å². The van der Waals surface area contributed by atoms with Gasteiger partial charge in [0.15, 0.2) is 0 Å². The summed E-state index contributed by atoms with van der Waals surface area (Å²) < 4.78 is 32.2. The molecule has 0 aromatic carbocycles. The normalized spacial score (nSPS) is 28.3. The van der Waals surface area contributed by atoms with Crippen LogP contribution in [-0.4, -0.2) is 86.9 Å². The number of nitrogens with zero attached hydrogens (tertiary/aromatic N) is 3. The highest BCUT2D eigenvalue weighted by Crippen LogP contribution is 2.21. The summed E-state index contributed by atoms with van der Waals surface area (Å²) in [5, 5.41) is 0. The number of piperazine rings is 1. The maximum absolute atomic E-state index is 12.3. The summed E-state index contributed by atoms with van der Waals surface area (Å²) >= 11 is 0. The average molecular weight is 320 g/mol. The lowest BCUT2D eigenvalue weighted by Crippen LogP contribution is -2.54. The summed E-state index contributed by atoms with van der Waals surface area (Å²) in [7, 11) is -0.388. The molecule has 21 heavy (non-hydrogen) atoms. The molecule has 9 heteroatoms. The van der Waals surface area contributed by atoms with Crippen LogP contribution in [0.4, 0.5) is 0 Å². The molecule has 122 valence electrons. The fraction of sp³-hybridized carbons (Fsp3) is 0.917. The van der Waals surface area contributed by atoms with Crippen molar-refractivity contribution >= 4 is 16.1 Å². The van der Waals surface area contributed by atoms with Crippen molar-refractivity contribution in [3.8, 4) is 0 Å². The van der Waals surface area contributed by atoms with E-state index in [1.54, 1.807) is 4.90 Å². The van der Waals surface area contributed by atoms with Crippen molar-refractivity contribution in [1.29, 1.82) is 0 Å². The first kappa shape index (κ1) is 16.6. The Hall–Kier alpha value is -0.740. The number of hydrogen-bond donors (Lipinski definition) is 1. The molecule has 0 saturated carbocycles. The van der Waals surface area contributed by atoms with Gasteiger partial charge in [0.1, 0.15) is 6.10 Å². The largest absolute Gasteiger partial charge is 0.364 e. The Morgan fingerprint density at radius 3 is 2.33 bits per heavy atom. The van der Waals surface area contributed by atoms with Gasteiger partial charge in [0, 0.05) is 46.8 Å². The highest BCUT2D eigenvalue weighted by Gasteiger charge is 2.36. The van der Waals surface area contributed by atoms with Crippen molar-refractivity contribution in [2.45, 2.75) is 25.0 Å². The van der Waals surface area contributed by atoms with E-state index < -0.39 is 16.3 Å². The summed E-state index contributed by atoms with van der Waals surface area (Å²) in [6.07, 6.45) is 1.05. The van der Waals surface area contributed by atoms with E-state index in [0.717, 1.165) is 6.42 Å². The molecule has 0 radical (unpaired) electrons. The number of rotatable bonds is 4. The van der Waals surface area contributed by atoms with E-state index in [1.165, 1.54) is 22.7 Å². The lowest BCUT2D eigenvalue weighted by atomic mass is 10.1. The van der Waals surface area contributed by atoms with Crippen LogP contribution in [0.3, 0.4) is 0 Å². The van der Waals surface area contributed by atoms with Crippen LogP contribution in [0.15, 0.2) is 0 Å². The second kappa shape index (κ2) is 6.57. The number of nitrogens with two attached hydrogens (primary N) is 1. The molecule has 2 aliphatic heterocycles. The Morgan fingerprint density at radius 1 is 1.24 bits per heavy atom.